The molecule has 1 aliphatic rings. The highest BCUT2D eigenvalue weighted by Gasteiger charge is 2.27. The first kappa shape index (κ1) is 19.4. The summed E-state index contributed by atoms with van der Waals surface area (Å²) in [5.41, 5.74) is 3.89. The lowest BCUT2D eigenvalue weighted by Gasteiger charge is -2.18. The fraction of sp³-hybridized carbons (Fsp3) is 0.350. The molecule has 0 spiro atoms. The quantitative estimate of drug-likeness (QED) is 0.789. The zero-order valence-electron chi connectivity index (χ0n) is 16.0. The number of ether oxygens (including phenoxy) is 1. The zero-order valence-corrected chi connectivity index (χ0v) is 16.8. The van der Waals surface area contributed by atoms with Crippen LogP contribution >= 0.6 is 0 Å². The third-order valence-corrected chi connectivity index (χ3v) is 6.68. The van der Waals surface area contributed by atoms with Gasteiger partial charge in [0, 0.05) is 26.3 Å². The van der Waals surface area contributed by atoms with E-state index in [1.807, 2.05) is 32.0 Å². The number of hydrogen-bond acceptors (Lipinski definition) is 4. The number of carbonyl (C=O) groups is 1. The Bertz CT molecular complexity index is 983. The number of hydrogen-bond donors (Lipinski definition) is 0. The molecule has 0 aromatic heterocycles. The minimum Gasteiger partial charge on any atom is -0.484 e. The Morgan fingerprint density at radius 1 is 1.11 bits per heavy atom. The van der Waals surface area contributed by atoms with Gasteiger partial charge in [0.05, 0.1) is 4.90 Å². The number of sulfonamides is 1. The molecule has 0 atom stereocenters. The maximum atomic E-state index is 12.6. The molecule has 144 valence electrons. The molecule has 7 heteroatoms. The van der Waals surface area contributed by atoms with Crippen LogP contribution in [0.4, 0.5) is 5.69 Å². The molecular weight excluding hydrogens is 364 g/mol. The van der Waals surface area contributed by atoms with Crippen molar-refractivity contribution in [2.75, 3.05) is 32.1 Å². The van der Waals surface area contributed by atoms with E-state index >= 15 is 0 Å². The van der Waals surface area contributed by atoms with Crippen molar-refractivity contribution in [3.63, 3.8) is 0 Å². The number of nitrogens with zero attached hydrogens (tertiary/aromatic N) is 2. The number of aryl methyl sites for hydroxylation is 2. The largest absolute Gasteiger partial charge is 0.484 e. The van der Waals surface area contributed by atoms with E-state index in [4.69, 9.17) is 4.74 Å². The predicted molar refractivity (Wildman–Crippen MR) is 105 cm³/mol. The minimum absolute atomic E-state index is 0.0559. The molecule has 0 unspecified atom stereocenters. The van der Waals surface area contributed by atoms with Gasteiger partial charge in [-0.25, -0.2) is 12.7 Å². The maximum absolute atomic E-state index is 12.6. The Kier molecular flexibility index (Phi) is 5.26. The third kappa shape index (κ3) is 3.84. The maximum Gasteiger partial charge on any atom is 0.264 e. The zero-order chi connectivity index (χ0) is 19.8. The van der Waals surface area contributed by atoms with Crippen molar-refractivity contribution in [1.82, 2.24) is 4.31 Å². The lowest BCUT2D eigenvalue weighted by Crippen LogP contribution is -2.33. The van der Waals surface area contributed by atoms with Gasteiger partial charge >= 0.3 is 0 Å². The van der Waals surface area contributed by atoms with Crippen LogP contribution in [0.5, 0.6) is 5.75 Å². The van der Waals surface area contributed by atoms with Crippen molar-refractivity contribution in [3.05, 3.63) is 53.1 Å². The van der Waals surface area contributed by atoms with Crippen LogP contribution in [0, 0.1) is 13.8 Å². The standard InChI is InChI=1S/C20H24N2O4S/c1-14-5-6-17(11-15(14)2)26-13-20(23)22-10-9-16-12-18(7-8-19(16)22)27(24,25)21(3)4/h5-8,11-12H,9-10,13H2,1-4H3. The summed E-state index contributed by atoms with van der Waals surface area (Å²) in [5, 5.41) is 0. The smallest absolute Gasteiger partial charge is 0.264 e. The van der Waals surface area contributed by atoms with Crippen LogP contribution in [0.25, 0.3) is 0 Å². The first-order valence-corrected chi connectivity index (χ1v) is 10.2. The summed E-state index contributed by atoms with van der Waals surface area (Å²) in [6.45, 7) is 4.49. The molecule has 3 rings (SSSR count). The van der Waals surface area contributed by atoms with Gasteiger partial charge in [0.25, 0.3) is 5.91 Å². The molecule has 0 N–H and O–H groups in total. The Morgan fingerprint density at radius 3 is 2.52 bits per heavy atom. The molecule has 1 aliphatic heterocycles. The number of fused-ring (bicyclic) bond motifs is 1. The lowest BCUT2D eigenvalue weighted by molar-refractivity contribution is -0.120. The Balaban J connectivity index is 1.73. The van der Waals surface area contributed by atoms with E-state index in [0.717, 1.165) is 16.8 Å². The van der Waals surface area contributed by atoms with Gasteiger partial charge in [0.1, 0.15) is 5.75 Å². The summed E-state index contributed by atoms with van der Waals surface area (Å²) in [7, 11) is -0.480. The molecule has 0 aliphatic carbocycles. The minimum atomic E-state index is -3.48. The first-order chi connectivity index (χ1) is 12.7. The van der Waals surface area contributed by atoms with Gasteiger partial charge in [-0.3, -0.25) is 4.79 Å². The van der Waals surface area contributed by atoms with Gasteiger partial charge in [0.2, 0.25) is 10.0 Å². The van der Waals surface area contributed by atoms with Crippen molar-refractivity contribution in [1.29, 1.82) is 0 Å². The summed E-state index contributed by atoms with van der Waals surface area (Å²) in [5.74, 6) is 0.522. The van der Waals surface area contributed by atoms with Crippen LogP contribution in [-0.2, 0) is 21.2 Å². The molecule has 27 heavy (non-hydrogen) atoms. The van der Waals surface area contributed by atoms with E-state index in [1.54, 1.807) is 23.1 Å². The number of carbonyl (C=O) groups excluding carboxylic acids is 1. The van der Waals surface area contributed by atoms with E-state index in [-0.39, 0.29) is 17.4 Å². The summed E-state index contributed by atoms with van der Waals surface area (Å²) in [6, 6.07) is 10.6. The van der Waals surface area contributed by atoms with Crippen LogP contribution in [0.15, 0.2) is 41.3 Å². The average molecular weight is 388 g/mol. The van der Waals surface area contributed by atoms with Crippen LogP contribution in [0.1, 0.15) is 16.7 Å². The van der Waals surface area contributed by atoms with Crippen LogP contribution < -0.4 is 9.64 Å². The van der Waals surface area contributed by atoms with Gasteiger partial charge in [-0.05, 0) is 67.3 Å². The van der Waals surface area contributed by atoms with Crippen molar-refractivity contribution in [2.45, 2.75) is 25.2 Å². The Hall–Kier alpha value is -2.38. The van der Waals surface area contributed by atoms with E-state index < -0.39 is 10.0 Å². The molecule has 6 nitrogen and oxygen atoms in total. The normalized spacial score (nSPS) is 13.7. The van der Waals surface area contributed by atoms with Crippen molar-refractivity contribution in [2.24, 2.45) is 0 Å². The second-order valence-corrected chi connectivity index (χ2v) is 9.06. The SMILES string of the molecule is Cc1ccc(OCC(=O)N2CCc3cc(S(=O)(=O)N(C)C)ccc32)cc1C. The molecule has 0 radical (unpaired) electrons. The van der Waals surface area contributed by atoms with E-state index in [2.05, 4.69) is 0 Å². The van der Waals surface area contributed by atoms with Gasteiger partial charge in [0.15, 0.2) is 6.61 Å². The average Bonchev–Trinajstić information content (AvgIpc) is 3.05. The molecule has 0 bridgehead atoms. The van der Waals surface area contributed by atoms with Gasteiger partial charge in [-0.1, -0.05) is 6.07 Å². The van der Waals surface area contributed by atoms with Gasteiger partial charge < -0.3 is 9.64 Å². The molecule has 2 aromatic rings. The third-order valence-electron chi connectivity index (χ3n) is 4.87. The number of rotatable bonds is 5. The van der Waals surface area contributed by atoms with Gasteiger partial charge in [-0.2, -0.15) is 0 Å². The monoisotopic (exact) mass is 388 g/mol. The summed E-state index contributed by atoms with van der Waals surface area (Å²) in [6.07, 6.45) is 0.626. The topological polar surface area (TPSA) is 66.9 Å². The predicted octanol–water partition coefficient (Wildman–Crippen LogP) is 2.52. The highest BCUT2D eigenvalue weighted by Crippen LogP contribution is 2.31. The number of anilines is 1. The highest BCUT2D eigenvalue weighted by molar-refractivity contribution is 7.89. The van der Waals surface area contributed by atoms with Crippen LogP contribution in [0.3, 0.4) is 0 Å². The number of benzene rings is 2. The summed E-state index contributed by atoms with van der Waals surface area (Å²) in [4.78, 5) is 14.5. The van der Waals surface area contributed by atoms with Crippen molar-refractivity contribution >= 4 is 21.6 Å². The molecule has 1 heterocycles. The van der Waals surface area contributed by atoms with E-state index in [0.29, 0.717) is 18.7 Å². The molecule has 0 saturated carbocycles. The Labute approximate surface area is 160 Å². The van der Waals surface area contributed by atoms with E-state index in [9.17, 15) is 13.2 Å². The second kappa shape index (κ2) is 7.32. The summed E-state index contributed by atoms with van der Waals surface area (Å²) >= 11 is 0. The molecular formula is C20H24N2O4S. The van der Waals surface area contributed by atoms with Crippen LogP contribution in [-0.4, -0.2) is 45.9 Å². The fourth-order valence-corrected chi connectivity index (χ4v) is 3.99. The number of amides is 1. The van der Waals surface area contributed by atoms with Gasteiger partial charge in [-0.15, -0.1) is 0 Å². The fourth-order valence-electron chi connectivity index (χ4n) is 3.04. The molecule has 0 fully saturated rings. The first-order valence-electron chi connectivity index (χ1n) is 8.76. The van der Waals surface area contributed by atoms with Crippen LogP contribution in [0.2, 0.25) is 0 Å². The van der Waals surface area contributed by atoms with E-state index in [1.165, 1.54) is 24.0 Å². The van der Waals surface area contributed by atoms with Crippen molar-refractivity contribution < 1.29 is 17.9 Å². The lowest BCUT2D eigenvalue weighted by atomic mass is 10.1. The molecule has 2 aromatic carbocycles. The van der Waals surface area contributed by atoms with Crippen molar-refractivity contribution in [3.8, 4) is 5.75 Å². The second-order valence-electron chi connectivity index (χ2n) is 6.91. The Morgan fingerprint density at radius 2 is 1.85 bits per heavy atom. The highest BCUT2D eigenvalue weighted by atomic mass is 32.2. The molecule has 0 saturated heterocycles. The summed E-state index contributed by atoms with van der Waals surface area (Å²) < 4.78 is 31.4. The molecule has 1 amide bonds.